The van der Waals surface area contributed by atoms with E-state index in [1.165, 1.54) is 12.4 Å². The predicted octanol–water partition coefficient (Wildman–Crippen LogP) is 1.34. The van der Waals surface area contributed by atoms with Crippen LogP contribution < -0.4 is 10.6 Å². The van der Waals surface area contributed by atoms with Crippen LogP contribution in [0.1, 0.15) is 26.7 Å². The van der Waals surface area contributed by atoms with E-state index in [9.17, 15) is 4.79 Å². The molecule has 5 heteroatoms. The maximum Gasteiger partial charge on any atom is 0.333 e. The number of allylic oxidation sites excluding steroid dienone is 1. The van der Waals surface area contributed by atoms with E-state index in [-0.39, 0.29) is 5.97 Å². The number of nitrogens with zero attached hydrogens (tertiary/aromatic N) is 1. The molecular formula is C14H21N3O2. The van der Waals surface area contributed by atoms with Crippen molar-refractivity contribution in [1.29, 1.82) is 0 Å². The second-order valence-corrected chi connectivity index (χ2v) is 5.39. The van der Waals surface area contributed by atoms with Gasteiger partial charge in [-0.1, -0.05) is 0 Å². The van der Waals surface area contributed by atoms with Gasteiger partial charge in [-0.25, -0.2) is 9.79 Å². The van der Waals surface area contributed by atoms with Gasteiger partial charge in [-0.05, 0) is 45.9 Å². The Kier molecular flexibility index (Phi) is 4.37. The Hall–Kier alpha value is -1.62. The Morgan fingerprint density at radius 3 is 2.84 bits per heavy atom. The van der Waals surface area contributed by atoms with Crippen LogP contribution in [0.2, 0.25) is 0 Å². The van der Waals surface area contributed by atoms with Crippen molar-refractivity contribution >= 4 is 12.3 Å². The van der Waals surface area contributed by atoms with Gasteiger partial charge in [-0.15, -0.1) is 0 Å². The standard InChI is InChI=1S/C14H21N3O2/c1-14(2,11-3-6-15-7-4-11)19-13(18)9-12-5-8-16-10-17-12/h5,8-11,15H,3-4,6-7H2,1-2H3,(H,16,17)/b12-9+. The van der Waals surface area contributed by atoms with Crippen molar-refractivity contribution in [1.82, 2.24) is 10.6 Å². The molecule has 104 valence electrons. The fourth-order valence-corrected chi connectivity index (χ4v) is 2.43. The van der Waals surface area contributed by atoms with Crippen LogP contribution in [-0.2, 0) is 9.53 Å². The number of carbonyl (C=O) groups is 1. The molecule has 0 unspecified atom stereocenters. The number of nitrogens with one attached hydrogen (secondary N) is 2. The fraction of sp³-hybridized carbons (Fsp3) is 0.571. The number of carbonyl (C=O) groups excluding carboxylic acids is 1. The second kappa shape index (κ2) is 6.02. The van der Waals surface area contributed by atoms with Crippen molar-refractivity contribution in [3.05, 3.63) is 24.0 Å². The SMILES string of the molecule is CC(C)(OC(=O)/C=C1\C=CN=CN1)C1CCNCC1. The topological polar surface area (TPSA) is 62.7 Å². The summed E-state index contributed by atoms with van der Waals surface area (Å²) in [5.74, 6) is 0.0958. The van der Waals surface area contributed by atoms with Gasteiger partial charge in [0.2, 0.25) is 0 Å². The highest BCUT2D eigenvalue weighted by molar-refractivity contribution is 5.84. The minimum Gasteiger partial charge on any atom is -0.456 e. The lowest BCUT2D eigenvalue weighted by Crippen LogP contribution is -2.42. The molecule has 2 N–H and O–H groups in total. The van der Waals surface area contributed by atoms with Crippen LogP contribution in [0.3, 0.4) is 0 Å². The first-order valence-corrected chi connectivity index (χ1v) is 6.68. The minimum absolute atomic E-state index is 0.314. The van der Waals surface area contributed by atoms with Crippen molar-refractivity contribution in [3.63, 3.8) is 0 Å². The van der Waals surface area contributed by atoms with Crippen molar-refractivity contribution in [2.75, 3.05) is 13.1 Å². The summed E-state index contributed by atoms with van der Waals surface area (Å²) in [6, 6.07) is 0. The van der Waals surface area contributed by atoms with Crippen LogP contribution in [-0.4, -0.2) is 31.0 Å². The van der Waals surface area contributed by atoms with Crippen LogP contribution in [0.5, 0.6) is 0 Å². The van der Waals surface area contributed by atoms with Crippen molar-refractivity contribution in [2.24, 2.45) is 10.9 Å². The summed E-state index contributed by atoms with van der Waals surface area (Å²) in [7, 11) is 0. The van der Waals surface area contributed by atoms with Gasteiger partial charge in [0.25, 0.3) is 0 Å². The van der Waals surface area contributed by atoms with Crippen LogP contribution in [0.15, 0.2) is 29.0 Å². The van der Waals surface area contributed by atoms with Gasteiger partial charge in [-0.3, -0.25) is 0 Å². The lowest BCUT2D eigenvalue weighted by Gasteiger charge is -2.36. The number of rotatable bonds is 3. The molecule has 0 aromatic rings. The molecular weight excluding hydrogens is 242 g/mol. The van der Waals surface area contributed by atoms with E-state index in [0.717, 1.165) is 25.9 Å². The van der Waals surface area contributed by atoms with Gasteiger partial charge < -0.3 is 15.4 Å². The summed E-state index contributed by atoms with van der Waals surface area (Å²) in [4.78, 5) is 15.8. The van der Waals surface area contributed by atoms with Crippen LogP contribution >= 0.6 is 0 Å². The van der Waals surface area contributed by atoms with Crippen molar-refractivity contribution in [2.45, 2.75) is 32.3 Å². The van der Waals surface area contributed by atoms with Gasteiger partial charge in [0, 0.05) is 23.9 Å². The molecule has 0 amide bonds. The molecule has 0 bridgehead atoms. The first-order valence-electron chi connectivity index (χ1n) is 6.68. The average Bonchev–Trinajstić information content (AvgIpc) is 2.40. The summed E-state index contributed by atoms with van der Waals surface area (Å²) in [6.07, 6.45) is 8.46. The Morgan fingerprint density at radius 2 is 2.21 bits per heavy atom. The predicted molar refractivity (Wildman–Crippen MR) is 74.6 cm³/mol. The first-order chi connectivity index (χ1) is 9.08. The molecule has 19 heavy (non-hydrogen) atoms. The first kappa shape index (κ1) is 13.8. The number of hydrogen-bond acceptors (Lipinski definition) is 5. The van der Waals surface area contributed by atoms with Gasteiger partial charge >= 0.3 is 5.97 Å². The molecule has 0 atom stereocenters. The molecule has 1 fully saturated rings. The quantitative estimate of drug-likeness (QED) is 0.596. The Bertz CT molecular complexity index is 418. The molecule has 0 spiro atoms. The van der Waals surface area contributed by atoms with E-state index in [4.69, 9.17) is 4.74 Å². The van der Waals surface area contributed by atoms with Gasteiger partial charge in [0.05, 0.1) is 6.34 Å². The number of aliphatic imine (C=N–C) groups is 1. The highest BCUT2D eigenvalue weighted by Gasteiger charge is 2.33. The molecule has 0 saturated carbocycles. The molecule has 0 radical (unpaired) electrons. The summed E-state index contributed by atoms with van der Waals surface area (Å²) >= 11 is 0. The highest BCUT2D eigenvalue weighted by Crippen LogP contribution is 2.29. The molecule has 2 rings (SSSR count). The lowest BCUT2D eigenvalue weighted by atomic mass is 9.83. The van der Waals surface area contributed by atoms with Crippen molar-refractivity contribution in [3.8, 4) is 0 Å². The average molecular weight is 263 g/mol. The third-order valence-corrected chi connectivity index (χ3v) is 3.61. The molecule has 1 saturated heterocycles. The molecule has 2 aliphatic heterocycles. The van der Waals surface area contributed by atoms with E-state index < -0.39 is 5.60 Å². The maximum absolute atomic E-state index is 11.9. The normalized spacial score (nSPS) is 22.3. The summed E-state index contributed by atoms with van der Waals surface area (Å²) < 4.78 is 5.62. The molecule has 0 aromatic carbocycles. The number of ether oxygens (including phenoxy) is 1. The van der Waals surface area contributed by atoms with Crippen molar-refractivity contribution < 1.29 is 9.53 Å². The lowest BCUT2D eigenvalue weighted by molar-refractivity contribution is -0.156. The largest absolute Gasteiger partial charge is 0.456 e. The van der Waals surface area contributed by atoms with E-state index in [0.29, 0.717) is 11.6 Å². The molecule has 0 aliphatic carbocycles. The van der Waals surface area contributed by atoms with Gasteiger partial charge in [0.1, 0.15) is 5.60 Å². The van der Waals surface area contributed by atoms with Gasteiger partial charge in [0.15, 0.2) is 0 Å². The minimum atomic E-state index is -0.428. The Balaban J connectivity index is 1.93. The van der Waals surface area contributed by atoms with Crippen LogP contribution in [0.25, 0.3) is 0 Å². The number of piperidine rings is 1. The summed E-state index contributed by atoms with van der Waals surface area (Å²) in [6.45, 7) is 5.97. The fourth-order valence-electron chi connectivity index (χ4n) is 2.43. The summed E-state index contributed by atoms with van der Waals surface area (Å²) in [5, 5.41) is 6.21. The summed E-state index contributed by atoms with van der Waals surface area (Å²) in [5.41, 5.74) is 0.268. The van der Waals surface area contributed by atoms with Crippen LogP contribution in [0, 0.1) is 5.92 Å². The monoisotopic (exact) mass is 263 g/mol. The molecule has 2 heterocycles. The second-order valence-electron chi connectivity index (χ2n) is 5.39. The van der Waals surface area contributed by atoms with E-state index in [1.54, 1.807) is 12.3 Å². The Labute approximate surface area is 113 Å². The molecule has 5 nitrogen and oxygen atoms in total. The third kappa shape index (κ3) is 3.92. The highest BCUT2D eigenvalue weighted by atomic mass is 16.6. The van der Waals surface area contributed by atoms with E-state index >= 15 is 0 Å². The maximum atomic E-state index is 11.9. The molecule has 0 aromatic heterocycles. The molecule has 2 aliphatic rings. The Morgan fingerprint density at radius 1 is 1.47 bits per heavy atom. The number of esters is 1. The van der Waals surface area contributed by atoms with E-state index in [1.807, 2.05) is 13.8 Å². The zero-order chi connectivity index (χ0) is 13.7. The zero-order valence-corrected chi connectivity index (χ0v) is 11.5. The van der Waals surface area contributed by atoms with Crippen LogP contribution in [0.4, 0.5) is 0 Å². The van der Waals surface area contributed by atoms with Gasteiger partial charge in [-0.2, -0.15) is 0 Å². The van der Waals surface area contributed by atoms with E-state index in [2.05, 4.69) is 15.6 Å². The number of hydrogen-bond donors (Lipinski definition) is 2. The third-order valence-electron chi connectivity index (χ3n) is 3.61. The zero-order valence-electron chi connectivity index (χ0n) is 11.5. The smallest absolute Gasteiger partial charge is 0.333 e.